The van der Waals surface area contributed by atoms with E-state index in [1.807, 2.05) is 0 Å². The summed E-state index contributed by atoms with van der Waals surface area (Å²) >= 11 is 0. The second-order valence-electron chi connectivity index (χ2n) is 20.8. The van der Waals surface area contributed by atoms with Crippen LogP contribution in [-0.4, -0.2) is 120 Å². The summed E-state index contributed by atoms with van der Waals surface area (Å²) in [6.45, 7) is 6.45. The largest absolute Gasteiger partial charge is 0.508 e. The van der Waals surface area contributed by atoms with Gasteiger partial charge in [-0.3, -0.25) is 48.1 Å². The number of aliphatic imine (C=N–C) groups is 1. The molecule has 0 saturated carbocycles. The number of phenolic OH excluding ortho intramolecular Hbond substituents is 1. The third-order valence-electron chi connectivity index (χ3n) is 13.0. The Hall–Kier alpha value is -6.62. The summed E-state index contributed by atoms with van der Waals surface area (Å²) < 4.78 is 0. The second kappa shape index (κ2) is 35.7. The van der Waals surface area contributed by atoms with Gasteiger partial charge in [-0.1, -0.05) is 63.2 Å². The fraction of sp³-hybridized carbons (Fsp3) is 0.600. The standard InChI is InChI=1S/C55H88N12O10/c1-55(2,3)50(74)44(18-9-12-28-58)67-52(76)38(31-36-20-22-39(68)23-21-36)32-46(70)42(16-7-10-26-56)64-49(73)25-24-45(69)41(19-13-29-63-54(61)62)65-51(75)37(30-35-14-5-4-6-15-35)33-47(71)43(17-8-11-27-57)66-53(77)40(59)34-48(60)72/h4-6,14-15,20-23,37-38,40-44,68H,7-13,16-19,24-34,56-59H2,1-3H3,(H2,60,72)(H,64,73)(H,65,75)(H,66,77)(H,67,76)(H4,61,62,63)/t37-,38-,40+,41+,42+,43+,44+/m1/s1. The fourth-order valence-corrected chi connectivity index (χ4v) is 8.66. The number of primary amides is 1. The molecule has 0 fully saturated rings. The lowest BCUT2D eigenvalue weighted by atomic mass is 9.84. The molecule has 0 spiro atoms. The molecule has 0 unspecified atom stereocenters. The van der Waals surface area contributed by atoms with Crippen molar-refractivity contribution in [1.29, 1.82) is 0 Å². The second-order valence-corrected chi connectivity index (χ2v) is 20.8. The molecule has 7 atom stereocenters. The number of amides is 5. The lowest BCUT2D eigenvalue weighted by molar-refractivity contribution is -0.136. The van der Waals surface area contributed by atoms with Crippen molar-refractivity contribution in [1.82, 2.24) is 21.3 Å². The Morgan fingerprint density at radius 1 is 0.532 bits per heavy atom. The molecule has 0 aliphatic heterocycles. The van der Waals surface area contributed by atoms with E-state index in [4.69, 9.17) is 40.1 Å². The number of nitrogens with zero attached hydrogens (tertiary/aromatic N) is 1. The van der Waals surface area contributed by atoms with Crippen LogP contribution in [-0.2, 0) is 56.0 Å². The van der Waals surface area contributed by atoms with E-state index >= 15 is 0 Å². The highest BCUT2D eigenvalue weighted by molar-refractivity contribution is 5.98. The molecule has 0 aliphatic rings. The van der Waals surface area contributed by atoms with Gasteiger partial charge in [-0.05, 0) is 126 Å². The Balaban J connectivity index is 2.42. The molecule has 0 aliphatic carbocycles. The summed E-state index contributed by atoms with van der Waals surface area (Å²) in [4.78, 5) is 127. The first-order chi connectivity index (χ1) is 36.5. The van der Waals surface area contributed by atoms with Gasteiger partial charge < -0.3 is 66.5 Å². The summed E-state index contributed by atoms with van der Waals surface area (Å²) in [7, 11) is 0. The van der Waals surface area contributed by atoms with Crippen LogP contribution in [0.4, 0.5) is 0 Å². The number of unbranched alkanes of at least 4 members (excludes halogenated alkanes) is 3. The van der Waals surface area contributed by atoms with Gasteiger partial charge in [0.2, 0.25) is 29.5 Å². The van der Waals surface area contributed by atoms with Gasteiger partial charge in [-0.15, -0.1) is 0 Å². The molecular weight excluding hydrogens is 989 g/mol. The number of phenols is 1. The molecule has 2 aromatic rings. The molecule has 5 amide bonds. The van der Waals surface area contributed by atoms with Crippen LogP contribution >= 0.6 is 0 Å². The first kappa shape index (κ1) is 66.5. The van der Waals surface area contributed by atoms with E-state index in [0.29, 0.717) is 75.7 Å². The minimum atomic E-state index is -1.31. The number of ketones is 4. The van der Waals surface area contributed by atoms with Crippen molar-refractivity contribution in [3.05, 3.63) is 65.7 Å². The van der Waals surface area contributed by atoms with Gasteiger partial charge in [0.25, 0.3) is 0 Å². The van der Waals surface area contributed by atoms with Gasteiger partial charge in [-0.25, -0.2) is 0 Å². The van der Waals surface area contributed by atoms with E-state index in [1.54, 1.807) is 63.2 Å². The number of nitrogens with one attached hydrogen (secondary N) is 4. The number of carbonyl (C=O) groups is 9. The van der Waals surface area contributed by atoms with Gasteiger partial charge >= 0.3 is 0 Å². The number of hydrogen-bond acceptors (Lipinski definition) is 15. The molecule has 0 saturated heterocycles. The Bertz CT molecular complexity index is 2240. The first-order valence-electron chi connectivity index (χ1n) is 26.8. The molecule has 0 bridgehead atoms. The SMILES string of the molecule is CC(C)(C)C(=O)[C@H](CCCCN)NC(=O)[C@@H](CC(=O)[C@H](CCCCN)NC(=O)CCC(=O)[C@H](CCCN=C(N)N)NC(=O)[C@@H](CC(=O)[C@H](CCCCN)NC(=O)[C@@H](N)CC(N)=O)Cc1ccccc1)Cc1ccc(O)cc1. The summed E-state index contributed by atoms with van der Waals surface area (Å²) in [6, 6.07) is 9.59. The maximum Gasteiger partial charge on any atom is 0.238 e. The molecule has 2 aromatic carbocycles. The van der Waals surface area contributed by atoms with Gasteiger partial charge in [0.05, 0.1) is 36.6 Å². The highest BCUT2D eigenvalue weighted by atomic mass is 16.3. The maximum atomic E-state index is 14.4. The zero-order valence-corrected chi connectivity index (χ0v) is 45.4. The first-order valence-corrected chi connectivity index (χ1v) is 26.8. The Morgan fingerprint density at radius 2 is 0.974 bits per heavy atom. The van der Waals surface area contributed by atoms with Crippen molar-refractivity contribution in [3.63, 3.8) is 0 Å². The zero-order valence-electron chi connectivity index (χ0n) is 45.4. The zero-order chi connectivity index (χ0) is 57.5. The van der Waals surface area contributed by atoms with Crippen LogP contribution < -0.4 is 61.4 Å². The van der Waals surface area contributed by atoms with Crippen molar-refractivity contribution in [2.24, 2.45) is 62.4 Å². The lowest BCUT2D eigenvalue weighted by Crippen LogP contribution is -2.50. The molecular formula is C55H88N12O10. The van der Waals surface area contributed by atoms with Crippen molar-refractivity contribution in [2.45, 2.75) is 167 Å². The number of aromatic hydroxyl groups is 1. The van der Waals surface area contributed by atoms with Crippen LogP contribution in [0.25, 0.3) is 0 Å². The van der Waals surface area contributed by atoms with Gasteiger partial charge in [0, 0.05) is 49.5 Å². The van der Waals surface area contributed by atoms with E-state index in [1.165, 1.54) is 12.1 Å². The highest BCUT2D eigenvalue weighted by Crippen LogP contribution is 2.23. The minimum Gasteiger partial charge on any atom is -0.508 e. The number of Topliss-reactive ketones (excluding diaryl/α,β-unsaturated/α-hetero) is 4. The summed E-state index contributed by atoms with van der Waals surface area (Å²) in [6.07, 6.45) is 2.42. The third kappa shape index (κ3) is 26.8. The average Bonchev–Trinajstić information content (AvgIpc) is 3.37. The van der Waals surface area contributed by atoms with E-state index in [0.717, 1.165) is 0 Å². The summed E-state index contributed by atoms with van der Waals surface area (Å²) in [5.41, 5.74) is 40.0. The number of carbonyl (C=O) groups excluding carboxylic acids is 9. The monoisotopic (exact) mass is 1080 g/mol. The molecule has 19 N–H and O–H groups in total. The molecule has 428 valence electrons. The topological polar surface area (TPSA) is 416 Å². The molecule has 0 heterocycles. The van der Waals surface area contributed by atoms with Gasteiger partial charge in [0.15, 0.2) is 29.1 Å². The molecule has 0 aromatic heterocycles. The smallest absolute Gasteiger partial charge is 0.238 e. The van der Waals surface area contributed by atoms with E-state index in [2.05, 4.69) is 26.3 Å². The summed E-state index contributed by atoms with van der Waals surface area (Å²) in [5, 5.41) is 21.1. The molecule has 0 radical (unpaired) electrons. The van der Waals surface area contributed by atoms with Crippen LogP contribution in [0.3, 0.4) is 0 Å². The van der Waals surface area contributed by atoms with Crippen LogP contribution in [0, 0.1) is 17.3 Å². The van der Waals surface area contributed by atoms with Crippen molar-refractivity contribution < 1.29 is 48.3 Å². The van der Waals surface area contributed by atoms with Crippen LogP contribution in [0.1, 0.15) is 135 Å². The van der Waals surface area contributed by atoms with Crippen LogP contribution in [0.2, 0.25) is 0 Å². The van der Waals surface area contributed by atoms with Crippen LogP contribution in [0.15, 0.2) is 59.6 Å². The number of guanidine groups is 1. The van der Waals surface area contributed by atoms with E-state index in [9.17, 15) is 48.3 Å². The number of benzene rings is 2. The van der Waals surface area contributed by atoms with Crippen LogP contribution in [0.5, 0.6) is 5.75 Å². The lowest BCUT2D eigenvalue weighted by Gasteiger charge is -2.28. The maximum absolute atomic E-state index is 14.4. The Morgan fingerprint density at radius 3 is 1.45 bits per heavy atom. The number of hydrogen-bond donors (Lipinski definition) is 12. The molecule has 22 nitrogen and oxygen atoms in total. The average molecular weight is 1080 g/mol. The fourth-order valence-electron chi connectivity index (χ4n) is 8.66. The van der Waals surface area contributed by atoms with Crippen molar-refractivity contribution in [3.8, 4) is 5.75 Å². The summed E-state index contributed by atoms with van der Waals surface area (Å²) in [5.74, 6) is -7.25. The highest BCUT2D eigenvalue weighted by Gasteiger charge is 2.35. The molecule has 77 heavy (non-hydrogen) atoms. The molecule has 2 rings (SSSR count). The third-order valence-corrected chi connectivity index (χ3v) is 13.0. The van der Waals surface area contributed by atoms with E-state index < -0.39 is 101 Å². The minimum absolute atomic E-state index is 0.00972. The van der Waals surface area contributed by atoms with Crippen molar-refractivity contribution in [2.75, 3.05) is 26.2 Å². The van der Waals surface area contributed by atoms with Crippen molar-refractivity contribution >= 4 is 58.6 Å². The van der Waals surface area contributed by atoms with Gasteiger partial charge in [-0.2, -0.15) is 0 Å². The normalized spacial score (nSPS) is 14.1. The predicted octanol–water partition coefficient (Wildman–Crippen LogP) is 0.875. The predicted molar refractivity (Wildman–Crippen MR) is 295 cm³/mol. The van der Waals surface area contributed by atoms with Gasteiger partial charge in [0.1, 0.15) is 5.75 Å². The van der Waals surface area contributed by atoms with E-state index in [-0.39, 0.29) is 88.2 Å². The Labute approximate surface area is 453 Å². The molecule has 22 heteroatoms. The quantitative estimate of drug-likeness (QED) is 0.0250. The Kier molecular flexibility index (Phi) is 30.8. The number of rotatable bonds is 40. The number of nitrogens with two attached hydrogens (primary N) is 7.